The molecular formula is C13H12N4OS. The number of nitrogens with zero attached hydrogens (tertiary/aromatic N) is 1. The Labute approximate surface area is 116 Å². The van der Waals surface area contributed by atoms with Crippen LogP contribution in [0.15, 0.2) is 54.9 Å². The van der Waals surface area contributed by atoms with Gasteiger partial charge < -0.3 is 0 Å². The van der Waals surface area contributed by atoms with Crippen LogP contribution in [0.3, 0.4) is 0 Å². The summed E-state index contributed by atoms with van der Waals surface area (Å²) in [5, 5.41) is 0. The van der Waals surface area contributed by atoms with Gasteiger partial charge >= 0.3 is 0 Å². The Bertz CT molecular complexity index is 508. The zero-order chi connectivity index (χ0) is 13.5. The number of hydrogen-bond acceptors (Lipinski definition) is 4. The fourth-order valence-corrected chi connectivity index (χ4v) is 1.57. The fourth-order valence-electron chi connectivity index (χ4n) is 1.38. The molecule has 0 saturated heterocycles. The van der Waals surface area contributed by atoms with Crippen molar-refractivity contribution in [2.24, 2.45) is 0 Å². The Balaban J connectivity index is 1.81. The van der Waals surface area contributed by atoms with Crippen molar-refractivity contribution >= 4 is 23.1 Å². The normalized spacial score (nSPS) is 9.68. The van der Waals surface area contributed by atoms with Gasteiger partial charge in [0.15, 0.2) is 0 Å². The largest absolute Gasteiger partial charge is 0.294 e. The van der Waals surface area contributed by atoms with E-state index in [1.165, 1.54) is 0 Å². The molecule has 96 valence electrons. The van der Waals surface area contributed by atoms with Gasteiger partial charge in [0, 0.05) is 23.5 Å². The van der Waals surface area contributed by atoms with Gasteiger partial charge in [0.1, 0.15) is 4.99 Å². The number of benzene rings is 1. The van der Waals surface area contributed by atoms with Crippen LogP contribution in [0.2, 0.25) is 0 Å². The highest BCUT2D eigenvalue weighted by molar-refractivity contribution is 7.80. The molecule has 0 aliphatic rings. The maximum Gasteiger partial charge on any atom is 0.266 e. The van der Waals surface area contributed by atoms with Crippen molar-refractivity contribution in [3.63, 3.8) is 0 Å². The molecule has 0 aliphatic heterocycles. The number of nitrogens with one attached hydrogen (secondary N) is 3. The lowest BCUT2D eigenvalue weighted by Crippen LogP contribution is -2.48. The molecule has 1 aromatic carbocycles. The molecule has 1 amide bonds. The summed E-state index contributed by atoms with van der Waals surface area (Å²) in [5.74, 6) is -0.272. The molecule has 2 aromatic rings. The highest BCUT2D eigenvalue weighted by Crippen LogP contribution is 1.98. The van der Waals surface area contributed by atoms with Gasteiger partial charge in [-0.25, -0.2) is 0 Å². The minimum Gasteiger partial charge on any atom is -0.294 e. The summed E-state index contributed by atoms with van der Waals surface area (Å²) in [6, 6.07) is 12.7. The zero-order valence-electron chi connectivity index (χ0n) is 9.96. The highest BCUT2D eigenvalue weighted by atomic mass is 32.1. The maximum atomic E-state index is 11.7. The summed E-state index contributed by atoms with van der Waals surface area (Å²) in [5.41, 5.74) is 9.16. The molecule has 2 rings (SSSR count). The minimum atomic E-state index is -0.272. The van der Waals surface area contributed by atoms with Gasteiger partial charge in [-0.15, -0.1) is 5.53 Å². The first-order valence-electron chi connectivity index (χ1n) is 5.58. The summed E-state index contributed by atoms with van der Waals surface area (Å²) in [4.78, 5) is 16.0. The molecular weight excluding hydrogens is 260 g/mol. The smallest absolute Gasteiger partial charge is 0.266 e. The first-order valence-corrected chi connectivity index (χ1v) is 5.99. The second kappa shape index (κ2) is 6.58. The minimum absolute atomic E-state index is 0.272. The molecule has 0 aliphatic carbocycles. The summed E-state index contributed by atoms with van der Waals surface area (Å²) >= 11 is 5.15. The lowest BCUT2D eigenvalue weighted by Gasteiger charge is -2.10. The zero-order valence-corrected chi connectivity index (χ0v) is 10.8. The van der Waals surface area contributed by atoms with Gasteiger partial charge in [0.2, 0.25) is 0 Å². The van der Waals surface area contributed by atoms with Crippen molar-refractivity contribution in [2.45, 2.75) is 0 Å². The van der Waals surface area contributed by atoms with Gasteiger partial charge in [-0.3, -0.25) is 20.6 Å². The second-order valence-corrected chi connectivity index (χ2v) is 4.04. The van der Waals surface area contributed by atoms with Gasteiger partial charge in [0.25, 0.3) is 5.91 Å². The third-order valence-corrected chi connectivity index (χ3v) is 2.67. The summed E-state index contributed by atoms with van der Waals surface area (Å²) in [6.07, 6.45) is 3.11. The van der Waals surface area contributed by atoms with Crippen molar-refractivity contribution in [2.75, 3.05) is 0 Å². The predicted octanol–water partition coefficient (Wildman–Crippen LogP) is 1.20. The van der Waals surface area contributed by atoms with Crippen LogP contribution in [0.5, 0.6) is 0 Å². The van der Waals surface area contributed by atoms with E-state index in [0.717, 1.165) is 5.56 Å². The van der Waals surface area contributed by atoms with E-state index in [9.17, 15) is 4.79 Å². The van der Waals surface area contributed by atoms with E-state index in [2.05, 4.69) is 21.4 Å². The third-order valence-electron chi connectivity index (χ3n) is 2.33. The van der Waals surface area contributed by atoms with Crippen molar-refractivity contribution in [1.82, 2.24) is 21.4 Å². The number of rotatable bonds is 4. The molecule has 0 bridgehead atoms. The number of thiocarbonyl (C=S) groups is 1. The summed E-state index contributed by atoms with van der Waals surface area (Å²) in [6.45, 7) is 0. The van der Waals surface area contributed by atoms with Crippen LogP contribution in [0.1, 0.15) is 15.9 Å². The fraction of sp³-hybridized carbons (Fsp3) is 0. The van der Waals surface area contributed by atoms with E-state index in [0.29, 0.717) is 10.6 Å². The Morgan fingerprint density at radius 3 is 2.32 bits per heavy atom. The lowest BCUT2D eigenvalue weighted by atomic mass is 10.2. The third kappa shape index (κ3) is 3.84. The quantitative estimate of drug-likeness (QED) is 0.576. The Morgan fingerprint density at radius 1 is 0.947 bits per heavy atom. The molecule has 1 aromatic heterocycles. The van der Waals surface area contributed by atoms with Gasteiger partial charge in [-0.1, -0.05) is 42.5 Å². The topological polar surface area (TPSA) is 66.1 Å². The molecule has 1 heterocycles. The summed E-state index contributed by atoms with van der Waals surface area (Å²) in [7, 11) is 0. The van der Waals surface area contributed by atoms with Crippen molar-refractivity contribution in [3.05, 3.63) is 66.0 Å². The van der Waals surface area contributed by atoms with E-state index < -0.39 is 0 Å². The van der Waals surface area contributed by atoms with Crippen molar-refractivity contribution in [3.8, 4) is 0 Å². The van der Waals surface area contributed by atoms with Crippen LogP contribution < -0.4 is 16.4 Å². The molecule has 19 heavy (non-hydrogen) atoms. The average Bonchev–Trinajstić information content (AvgIpc) is 2.49. The first kappa shape index (κ1) is 13.1. The Kier molecular flexibility index (Phi) is 4.54. The number of pyridine rings is 1. The van der Waals surface area contributed by atoms with Crippen LogP contribution in [0.25, 0.3) is 0 Å². The lowest BCUT2D eigenvalue weighted by molar-refractivity contribution is 0.0929. The molecule has 0 unspecified atom stereocenters. The van der Waals surface area contributed by atoms with E-state index in [4.69, 9.17) is 12.2 Å². The van der Waals surface area contributed by atoms with Crippen LogP contribution in [0.4, 0.5) is 0 Å². The molecule has 6 heteroatoms. The number of carbonyl (C=O) groups is 1. The van der Waals surface area contributed by atoms with Crippen LogP contribution in [0, 0.1) is 0 Å². The number of aromatic nitrogens is 1. The SMILES string of the molecule is O=C(NNNC(=S)c1ccccc1)c1ccncc1. The van der Waals surface area contributed by atoms with Gasteiger partial charge in [0.05, 0.1) is 0 Å². The van der Waals surface area contributed by atoms with Gasteiger partial charge in [-0.2, -0.15) is 0 Å². The number of carbonyl (C=O) groups excluding carboxylic acids is 1. The van der Waals surface area contributed by atoms with Crippen LogP contribution >= 0.6 is 12.2 Å². The molecule has 0 radical (unpaired) electrons. The maximum absolute atomic E-state index is 11.7. The molecule has 0 saturated carbocycles. The van der Waals surface area contributed by atoms with E-state index in [1.807, 2.05) is 30.3 Å². The predicted molar refractivity (Wildman–Crippen MR) is 76.1 cm³/mol. The van der Waals surface area contributed by atoms with E-state index >= 15 is 0 Å². The van der Waals surface area contributed by atoms with Gasteiger partial charge in [-0.05, 0) is 12.1 Å². The molecule has 0 atom stereocenters. The molecule has 0 fully saturated rings. The molecule has 5 nitrogen and oxygen atoms in total. The monoisotopic (exact) mass is 272 g/mol. The standard InChI is InChI=1S/C13H12N4OS/c18-12(10-6-8-14-9-7-10)15-17-16-13(19)11-4-2-1-3-5-11/h1-9,17H,(H,15,18)(H,16,19). The van der Waals surface area contributed by atoms with E-state index in [-0.39, 0.29) is 5.91 Å². The molecule has 0 spiro atoms. The average molecular weight is 272 g/mol. The Hall–Kier alpha value is -2.31. The van der Waals surface area contributed by atoms with Crippen LogP contribution in [-0.2, 0) is 0 Å². The second-order valence-electron chi connectivity index (χ2n) is 3.64. The highest BCUT2D eigenvalue weighted by Gasteiger charge is 2.04. The molecule has 3 N–H and O–H groups in total. The van der Waals surface area contributed by atoms with Crippen molar-refractivity contribution in [1.29, 1.82) is 0 Å². The number of hydrazine groups is 2. The van der Waals surface area contributed by atoms with Crippen LogP contribution in [-0.4, -0.2) is 15.9 Å². The Morgan fingerprint density at radius 2 is 1.63 bits per heavy atom. The summed E-state index contributed by atoms with van der Waals surface area (Å²) < 4.78 is 0. The number of amides is 1. The first-order chi connectivity index (χ1) is 9.27. The van der Waals surface area contributed by atoms with E-state index in [1.54, 1.807) is 24.5 Å². The van der Waals surface area contributed by atoms with Crippen molar-refractivity contribution < 1.29 is 4.79 Å². The number of hydrogen-bond donors (Lipinski definition) is 3.